The zero-order valence-corrected chi connectivity index (χ0v) is 14.7. The standard InChI is InChI=1S/C14H20S.2C2H6/c1-5-9-12-13(8-4)15-14(10-6-2)11-7-3;2*1-2/h6-12H,2,5H2,1,3-4H3;2*1-2H3/b11-7-,12-9-,13-8+,14-10+;;. The van der Waals surface area contributed by atoms with Crippen LogP contribution in [0.5, 0.6) is 0 Å². The van der Waals surface area contributed by atoms with Gasteiger partial charge in [-0.1, -0.05) is 89.4 Å². The fourth-order valence-corrected chi connectivity index (χ4v) is 1.89. The van der Waals surface area contributed by atoms with Crippen LogP contribution in [0.3, 0.4) is 0 Å². The zero-order valence-electron chi connectivity index (χ0n) is 13.9. The van der Waals surface area contributed by atoms with E-state index in [0.717, 1.165) is 6.42 Å². The van der Waals surface area contributed by atoms with E-state index in [1.165, 1.54) is 9.81 Å². The van der Waals surface area contributed by atoms with Gasteiger partial charge in [-0.05, 0) is 26.3 Å². The van der Waals surface area contributed by atoms with Crippen LogP contribution in [-0.4, -0.2) is 0 Å². The van der Waals surface area contributed by atoms with Gasteiger partial charge in [-0.2, -0.15) is 0 Å². The molecule has 0 radical (unpaired) electrons. The summed E-state index contributed by atoms with van der Waals surface area (Å²) in [5.74, 6) is 0. The summed E-state index contributed by atoms with van der Waals surface area (Å²) in [6.07, 6.45) is 15.5. The molecule has 0 fully saturated rings. The van der Waals surface area contributed by atoms with Crippen molar-refractivity contribution in [2.45, 2.75) is 54.9 Å². The maximum Gasteiger partial charge on any atom is 0.0118 e. The van der Waals surface area contributed by atoms with Crippen LogP contribution in [0, 0.1) is 0 Å². The van der Waals surface area contributed by atoms with Crippen molar-refractivity contribution in [3.05, 3.63) is 58.9 Å². The van der Waals surface area contributed by atoms with Crippen molar-refractivity contribution >= 4 is 11.8 Å². The lowest BCUT2D eigenvalue weighted by Gasteiger charge is -2.01. The van der Waals surface area contributed by atoms with Crippen molar-refractivity contribution in [3.8, 4) is 0 Å². The maximum atomic E-state index is 3.72. The van der Waals surface area contributed by atoms with Crippen molar-refractivity contribution in [1.29, 1.82) is 0 Å². The Morgan fingerprint density at radius 2 is 1.58 bits per heavy atom. The Bertz CT molecular complexity index is 291. The van der Waals surface area contributed by atoms with Crippen LogP contribution in [0.1, 0.15) is 54.9 Å². The molecule has 0 amide bonds. The second-order valence-electron chi connectivity index (χ2n) is 2.91. The number of rotatable bonds is 6. The van der Waals surface area contributed by atoms with Crippen LogP contribution >= 0.6 is 11.8 Å². The second-order valence-corrected chi connectivity index (χ2v) is 4.06. The Morgan fingerprint density at radius 1 is 1.00 bits per heavy atom. The minimum Gasteiger partial charge on any atom is -0.0990 e. The summed E-state index contributed by atoms with van der Waals surface area (Å²) in [5, 5.41) is 0. The van der Waals surface area contributed by atoms with Crippen molar-refractivity contribution in [3.63, 3.8) is 0 Å². The summed E-state index contributed by atoms with van der Waals surface area (Å²) < 4.78 is 0. The van der Waals surface area contributed by atoms with Gasteiger partial charge in [0.2, 0.25) is 0 Å². The van der Waals surface area contributed by atoms with Crippen molar-refractivity contribution in [1.82, 2.24) is 0 Å². The molecule has 0 nitrogen and oxygen atoms in total. The van der Waals surface area contributed by atoms with Crippen LogP contribution in [0.2, 0.25) is 0 Å². The minimum absolute atomic E-state index is 1.07. The first kappa shape index (κ1) is 23.2. The molecule has 1 heteroatoms. The van der Waals surface area contributed by atoms with Gasteiger partial charge in [0.15, 0.2) is 0 Å². The molecule has 0 aromatic carbocycles. The molecule has 0 aliphatic heterocycles. The molecule has 19 heavy (non-hydrogen) atoms. The summed E-state index contributed by atoms with van der Waals surface area (Å²) in [6.45, 7) is 17.9. The van der Waals surface area contributed by atoms with E-state index < -0.39 is 0 Å². The molecule has 0 atom stereocenters. The first-order valence-electron chi connectivity index (χ1n) is 7.24. The van der Waals surface area contributed by atoms with Crippen molar-refractivity contribution < 1.29 is 0 Å². The van der Waals surface area contributed by atoms with E-state index in [2.05, 4.69) is 44.7 Å². The molecule has 0 saturated heterocycles. The molecule has 0 unspecified atom stereocenters. The van der Waals surface area contributed by atoms with Crippen LogP contribution in [0.25, 0.3) is 0 Å². The largest absolute Gasteiger partial charge is 0.0990 e. The topological polar surface area (TPSA) is 0 Å². The molecule has 110 valence electrons. The minimum atomic E-state index is 1.07. The van der Waals surface area contributed by atoms with Gasteiger partial charge in [0.25, 0.3) is 0 Å². The quantitative estimate of drug-likeness (QED) is 0.460. The summed E-state index contributed by atoms with van der Waals surface area (Å²) in [4.78, 5) is 2.48. The van der Waals surface area contributed by atoms with E-state index in [-0.39, 0.29) is 0 Å². The molecule has 0 N–H and O–H groups in total. The predicted octanol–water partition coefficient (Wildman–Crippen LogP) is 7.29. The van der Waals surface area contributed by atoms with E-state index in [1.807, 2.05) is 52.8 Å². The first-order valence-corrected chi connectivity index (χ1v) is 8.06. The van der Waals surface area contributed by atoms with Crippen molar-refractivity contribution in [2.75, 3.05) is 0 Å². The highest BCUT2D eigenvalue weighted by Gasteiger charge is 1.95. The Kier molecular flexibility index (Phi) is 27.1. The molecule has 0 heterocycles. The van der Waals surface area contributed by atoms with Gasteiger partial charge in [-0.15, -0.1) is 0 Å². The Balaban J connectivity index is -0.000000579. The third-order valence-corrected chi connectivity index (χ3v) is 2.77. The SMILES string of the molecule is C=C/C=C(\C=C/C)SC(/C=C\CC)=C/C.CC.CC. The van der Waals surface area contributed by atoms with Crippen LogP contribution < -0.4 is 0 Å². The lowest BCUT2D eigenvalue weighted by atomic mass is 10.4. The van der Waals surface area contributed by atoms with Gasteiger partial charge in [-0.3, -0.25) is 0 Å². The van der Waals surface area contributed by atoms with Crippen LogP contribution in [0.4, 0.5) is 0 Å². The van der Waals surface area contributed by atoms with E-state index in [4.69, 9.17) is 0 Å². The van der Waals surface area contributed by atoms with E-state index in [9.17, 15) is 0 Å². The number of thioether (sulfide) groups is 1. The van der Waals surface area contributed by atoms with E-state index in [1.54, 1.807) is 11.8 Å². The van der Waals surface area contributed by atoms with Gasteiger partial charge >= 0.3 is 0 Å². The maximum absolute atomic E-state index is 3.72. The zero-order chi connectivity index (χ0) is 15.5. The van der Waals surface area contributed by atoms with Gasteiger partial charge in [0.05, 0.1) is 0 Å². The van der Waals surface area contributed by atoms with Crippen LogP contribution in [0.15, 0.2) is 58.9 Å². The number of hydrogen-bond acceptors (Lipinski definition) is 1. The molecule has 0 bridgehead atoms. The molecule has 0 aromatic rings. The van der Waals surface area contributed by atoms with Gasteiger partial charge in [0, 0.05) is 9.81 Å². The fourth-order valence-electron chi connectivity index (χ4n) is 0.963. The second kappa shape index (κ2) is 22.2. The summed E-state index contributed by atoms with van der Waals surface area (Å²) in [7, 11) is 0. The van der Waals surface area contributed by atoms with E-state index >= 15 is 0 Å². The third kappa shape index (κ3) is 17.1. The summed E-state index contributed by atoms with van der Waals surface area (Å²) in [5.41, 5.74) is 0. The number of hydrogen-bond donors (Lipinski definition) is 0. The lowest BCUT2D eigenvalue weighted by Crippen LogP contribution is -1.73. The summed E-state index contributed by atoms with van der Waals surface area (Å²) >= 11 is 1.76. The number of allylic oxidation sites excluding steroid dienone is 7. The lowest BCUT2D eigenvalue weighted by molar-refractivity contribution is 1.22. The monoisotopic (exact) mass is 280 g/mol. The highest BCUT2D eigenvalue weighted by atomic mass is 32.2. The van der Waals surface area contributed by atoms with Gasteiger partial charge < -0.3 is 0 Å². The molecule has 0 aromatic heterocycles. The average molecular weight is 281 g/mol. The van der Waals surface area contributed by atoms with E-state index in [0.29, 0.717) is 0 Å². The normalized spacial score (nSPS) is 11.7. The summed E-state index contributed by atoms with van der Waals surface area (Å²) in [6, 6.07) is 0. The Hall–Kier alpha value is -0.950. The predicted molar refractivity (Wildman–Crippen MR) is 96.6 cm³/mol. The third-order valence-electron chi connectivity index (χ3n) is 1.65. The Morgan fingerprint density at radius 3 is 1.95 bits per heavy atom. The first-order chi connectivity index (χ1) is 9.28. The molecular weight excluding hydrogens is 248 g/mol. The van der Waals surface area contributed by atoms with Gasteiger partial charge in [-0.25, -0.2) is 0 Å². The molecule has 0 aliphatic carbocycles. The Labute approximate surface area is 126 Å². The fraction of sp³-hybridized carbons (Fsp3) is 0.444. The smallest absolute Gasteiger partial charge is 0.0118 e. The molecular formula is C18H32S. The van der Waals surface area contributed by atoms with Crippen molar-refractivity contribution in [2.24, 2.45) is 0 Å². The van der Waals surface area contributed by atoms with Crippen LogP contribution in [-0.2, 0) is 0 Å². The molecule has 0 rings (SSSR count). The molecule has 0 spiro atoms. The highest BCUT2D eigenvalue weighted by Crippen LogP contribution is 2.27. The molecule has 0 aliphatic rings. The molecule has 0 saturated carbocycles. The van der Waals surface area contributed by atoms with Gasteiger partial charge in [0.1, 0.15) is 0 Å². The highest BCUT2D eigenvalue weighted by molar-refractivity contribution is 8.07. The average Bonchev–Trinajstić information content (AvgIpc) is 2.48.